The fourth-order valence-electron chi connectivity index (χ4n) is 2.03. The zero-order valence-electron chi connectivity index (χ0n) is 13.0. The van der Waals surface area contributed by atoms with Crippen LogP contribution in [-0.2, 0) is 9.53 Å². The second-order valence-corrected chi connectivity index (χ2v) is 4.89. The van der Waals surface area contributed by atoms with Crippen LogP contribution in [0.15, 0.2) is 18.2 Å². The number of carbonyl (C=O) groups excluding carboxylic acids is 1. The minimum absolute atomic E-state index is 0.222. The highest BCUT2D eigenvalue weighted by atomic mass is 16.5. The molecule has 1 aromatic carbocycles. The second kappa shape index (κ2) is 7.65. The van der Waals surface area contributed by atoms with Crippen LogP contribution in [-0.4, -0.2) is 25.2 Å². The van der Waals surface area contributed by atoms with E-state index in [4.69, 9.17) is 14.7 Å². The first-order chi connectivity index (χ1) is 10.0. The van der Waals surface area contributed by atoms with Gasteiger partial charge in [0.25, 0.3) is 5.91 Å². The number of hydrogen-bond acceptors (Lipinski definition) is 4. The lowest BCUT2D eigenvalue weighted by atomic mass is 9.99. The Morgan fingerprint density at radius 3 is 2.67 bits per heavy atom. The molecule has 0 bridgehead atoms. The number of nitriles is 1. The molecular formula is C16H22N2O3. The minimum Gasteiger partial charge on any atom is -0.492 e. The highest BCUT2D eigenvalue weighted by Crippen LogP contribution is 2.24. The molecule has 1 rings (SSSR count). The minimum atomic E-state index is -0.875. The van der Waals surface area contributed by atoms with Crippen molar-refractivity contribution >= 4 is 11.6 Å². The summed E-state index contributed by atoms with van der Waals surface area (Å²) in [5.74, 6) is 0.293. The zero-order valence-corrected chi connectivity index (χ0v) is 13.0. The van der Waals surface area contributed by atoms with Crippen LogP contribution >= 0.6 is 0 Å². The highest BCUT2D eigenvalue weighted by molar-refractivity contribution is 5.97. The Morgan fingerprint density at radius 1 is 1.43 bits per heavy atom. The Labute approximate surface area is 125 Å². The Bertz CT molecular complexity index is 537. The maximum absolute atomic E-state index is 12.3. The molecule has 0 radical (unpaired) electrons. The van der Waals surface area contributed by atoms with Gasteiger partial charge in [0, 0.05) is 12.8 Å². The number of benzene rings is 1. The molecule has 0 fully saturated rings. The summed E-state index contributed by atoms with van der Waals surface area (Å²) in [4.78, 5) is 12.3. The molecule has 1 aromatic rings. The summed E-state index contributed by atoms with van der Waals surface area (Å²) in [5, 5.41) is 11.9. The van der Waals surface area contributed by atoms with E-state index in [1.807, 2.05) is 13.8 Å². The Morgan fingerprint density at radius 2 is 2.14 bits per heavy atom. The second-order valence-electron chi connectivity index (χ2n) is 4.89. The van der Waals surface area contributed by atoms with E-state index in [0.29, 0.717) is 30.0 Å². The molecule has 1 amide bonds. The summed E-state index contributed by atoms with van der Waals surface area (Å²) < 4.78 is 10.7. The molecule has 0 heterocycles. The fourth-order valence-corrected chi connectivity index (χ4v) is 2.03. The zero-order chi connectivity index (χ0) is 15.9. The van der Waals surface area contributed by atoms with Crippen LogP contribution in [0.1, 0.15) is 39.2 Å². The first kappa shape index (κ1) is 17.0. The maximum atomic E-state index is 12.3. The van der Waals surface area contributed by atoms with Gasteiger partial charge in [0.15, 0.2) is 0 Å². The van der Waals surface area contributed by atoms with E-state index in [1.54, 1.807) is 25.1 Å². The van der Waals surface area contributed by atoms with Crippen molar-refractivity contribution in [2.45, 2.75) is 39.2 Å². The number of nitrogens with zero attached hydrogens (tertiary/aromatic N) is 1. The van der Waals surface area contributed by atoms with E-state index in [9.17, 15) is 4.79 Å². The molecule has 0 aromatic heterocycles. The first-order valence-corrected chi connectivity index (χ1v) is 7.04. The van der Waals surface area contributed by atoms with Crippen molar-refractivity contribution in [1.82, 2.24) is 0 Å². The van der Waals surface area contributed by atoms with E-state index in [1.165, 1.54) is 7.11 Å². The molecule has 1 atom stereocenters. The number of nitrogens with one attached hydrogen (secondary N) is 1. The SMILES string of the molecule is CCC[C@](C)(OC)C(=O)Nc1ccc(OCC)c(C#N)c1. The van der Waals surface area contributed by atoms with Gasteiger partial charge in [-0.3, -0.25) is 4.79 Å². The van der Waals surface area contributed by atoms with Crippen molar-refractivity contribution in [2.75, 3.05) is 19.0 Å². The average Bonchev–Trinajstić information content (AvgIpc) is 2.49. The van der Waals surface area contributed by atoms with Crippen molar-refractivity contribution in [2.24, 2.45) is 0 Å². The van der Waals surface area contributed by atoms with Gasteiger partial charge in [-0.05, 0) is 38.5 Å². The van der Waals surface area contributed by atoms with Gasteiger partial charge in [-0.15, -0.1) is 0 Å². The largest absolute Gasteiger partial charge is 0.492 e. The van der Waals surface area contributed by atoms with Crippen LogP contribution in [0.5, 0.6) is 5.75 Å². The van der Waals surface area contributed by atoms with E-state index < -0.39 is 5.60 Å². The molecule has 0 saturated carbocycles. The molecule has 0 aliphatic carbocycles. The van der Waals surface area contributed by atoms with E-state index in [-0.39, 0.29) is 5.91 Å². The monoisotopic (exact) mass is 290 g/mol. The van der Waals surface area contributed by atoms with Crippen molar-refractivity contribution in [1.29, 1.82) is 5.26 Å². The number of carbonyl (C=O) groups is 1. The van der Waals surface area contributed by atoms with Gasteiger partial charge < -0.3 is 14.8 Å². The third-order valence-corrected chi connectivity index (χ3v) is 3.32. The van der Waals surface area contributed by atoms with E-state index >= 15 is 0 Å². The normalized spacial score (nSPS) is 13.1. The standard InChI is InChI=1S/C16H22N2O3/c1-5-9-16(3,20-4)15(19)18-13-7-8-14(21-6-2)12(10-13)11-17/h7-8,10H,5-6,9H2,1-4H3,(H,18,19)/t16-/m0/s1. The molecule has 5 heteroatoms. The maximum Gasteiger partial charge on any atom is 0.256 e. The Hall–Kier alpha value is -2.06. The third-order valence-electron chi connectivity index (χ3n) is 3.32. The Kier molecular flexibility index (Phi) is 6.19. The predicted octanol–water partition coefficient (Wildman–Crippen LogP) is 3.10. The molecule has 21 heavy (non-hydrogen) atoms. The molecule has 5 nitrogen and oxygen atoms in total. The summed E-state index contributed by atoms with van der Waals surface area (Å²) in [6.07, 6.45) is 1.46. The highest BCUT2D eigenvalue weighted by Gasteiger charge is 2.32. The molecule has 0 aliphatic rings. The lowest BCUT2D eigenvalue weighted by Gasteiger charge is -2.26. The summed E-state index contributed by atoms with van der Waals surface area (Å²) in [5.41, 5.74) is 0.0730. The average molecular weight is 290 g/mol. The van der Waals surface area contributed by atoms with Crippen molar-refractivity contribution < 1.29 is 14.3 Å². The van der Waals surface area contributed by atoms with Gasteiger partial charge in [0.2, 0.25) is 0 Å². The van der Waals surface area contributed by atoms with Crippen LogP contribution in [0.4, 0.5) is 5.69 Å². The van der Waals surface area contributed by atoms with Crippen LogP contribution in [0.2, 0.25) is 0 Å². The first-order valence-electron chi connectivity index (χ1n) is 7.04. The van der Waals surface area contributed by atoms with Crippen molar-refractivity contribution in [3.8, 4) is 11.8 Å². The van der Waals surface area contributed by atoms with Crippen LogP contribution < -0.4 is 10.1 Å². The van der Waals surface area contributed by atoms with Crippen molar-refractivity contribution in [3.63, 3.8) is 0 Å². The predicted molar refractivity (Wildman–Crippen MR) is 81.3 cm³/mol. The lowest BCUT2D eigenvalue weighted by molar-refractivity contribution is -0.136. The molecule has 0 aliphatic heterocycles. The summed E-state index contributed by atoms with van der Waals surface area (Å²) in [6.45, 7) is 6.09. The number of anilines is 1. The van der Waals surface area contributed by atoms with Crippen LogP contribution in [0, 0.1) is 11.3 Å². The van der Waals surface area contributed by atoms with E-state index in [2.05, 4.69) is 11.4 Å². The number of ether oxygens (including phenoxy) is 2. The van der Waals surface area contributed by atoms with Gasteiger partial charge in [-0.2, -0.15) is 5.26 Å². The lowest BCUT2D eigenvalue weighted by Crippen LogP contribution is -2.41. The topological polar surface area (TPSA) is 71.3 Å². The molecule has 114 valence electrons. The summed E-state index contributed by atoms with van der Waals surface area (Å²) >= 11 is 0. The van der Waals surface area contributed by atoms with E-state index in [0.717, 1.165) is 6.42 Å². The summed E-state index contributed by atoms with van der Waals surface area (Å²) in [7, 11) is 1.52. The summed E-state index contributed by atoms with van der Waals surface area (Å²) in [6, 6.07) is 7.06. The molecule has 1 N–H and O–H groups in total. The van der Waals surface area contributed by atoms with Crippen LogP contribution in [0.25, 0.3) is 0 Å². The molecule has 0 saturated heterocycles. The quantitative estimate of drug-likeness (QED) is 0.837. The van der Waals surface area contributed by atoms with Gasteiger partial charge in [-0.1, -0.05) is 13.3 Å². The van der Waals surface area contributed by atoms with Crippen molar-refractivity contribution in [3.05, 3.63) is 23.8 Å². The number of methoxy groups -OCH3 is 1. The van der Waals surface area contributed by atoms with Gasteiger partial charge >= 0.3 is 0 Å². The van der Waals surface area contributed by atoms with Gasteiger partial charge in [-0.25, -0.2) is 0 Å². The number of hydrogen-bond donors (Lipinski definition) is 1. The number of rotatable bonds is 7. The molecule has 0 spiro atoms. The van der Waals surface area contributed by atoms with Gasteiger partial charge in [0.1, 0.15) is 17.4 Å². The fraction of sp³-hybridized carbons (Fsp3) is 0.500. The van der Waals surface area contributed by atoms with Gasteiger partial charge in [0.05, 0.1) is 12.2 Å². The Balaban J connectivity index is 2.93. The smallest absolute Gasteiger partial charge is 0.256 e. The van der Waals surface area contributed by atoms with Crippen LogP contribution in [0.3, 0.4) is 0 Å². The third kappa shape index (κ3) is 4.20. The molecule has 0 unspecified atom stereocenters. The number of amides is 1. The molecular weight excluding hydrogens is 268 g/mol.